The summed E-state index contributed by atoms with van der Waals surface area (Å²) in [6.45, 7) is 0. The van der Waals surface area contributed by atoms with Crippen LogP contribution in [0.2, 0.25) is 0 Å². The van der Waals surface area contributed by atoms with E-state index >= 15 is 0 Å². The van der Waals surface area contributed by atoms with Crippen molar-refractivity contribution in [2.45, 2.75) is 0 Å². The molecule has 0 nitrogen and oxygen atoms in total. The molecule has 12 aromatic rings. The Morgan fingerprint density at radius 2 is 0.704 bits per heavy atom. The van der Waals surface area contributed by atoms with Gasteiger partial charge >= 0.3 is 0 Å². The highest BCUT2D eigenvalue weighted by molar-refractivity contribution is 7.33. The van der Waals surface area contributed by atoms with Crippen LogP contribution in [0.4, 0.5) is 0 Å². The Morgan fingerprint density at radius 1 is 0.259 bits per heavy atom. The van der Waals surface area contributed by atoms with Crippen LogP contribution in [0.3, 0.4) is 0 Å². The van der Waals surface area contributed by atoms with Crippen molar-refractivity contribution in [2.24, 2.45) is 0 Å². The molecule has 0 aliphatic rings. The molecule has 0 amide bonds. The molecule has 10 aromatic carbocycles. The summed E-state index contributed by atoms with van der Waals surface area (Å²) in [7, 11) is 0. The fourth-order valence-corrected chi connectivity index (χ4v) is 11.7. The molecule has 0 aliphatic carbocycles. The van der Waals surface area contributed by atoms with Gasteiger partial charge in [-0.1, -0.05) is 164 Å². The molecule has 0 spiro atoms. The molecule has 0 unspecified atom stereocenters. The monoisotopic (exact) mass is 718 g/mol. The molecule has 54 heavy (non-hydrogen) atoms. The molecule has 0 aliphatic heterocycles. The number of benzene rings is 10. The van der Waals surface area contributed by atoms with Gasteiger partial charge in [0, 0.05) is 30.9 Å². The van der Waals surface area contributed by atoms with Gasteiger partial charge in [0.2, 0.25) is 0 Å². The maximum Gasteiger partial charge on any atom is 0.0540 e. The molecule has 0 atom stereocenters. The van der Waals surface area contributed by atoms with E-state index in [0.29, 0.717) is 0 Å². The Bertz CT molecular complexity index is 3440. The molecule has 0 radical (unpaired) electrons. The van der Waals surface area contributed by atoms with Crippen LogP contribution in [0.1, 0.15) is 0 Å². The molecular weight excluding hydrogens is 689 g/mol. The summed E-state index contributed by atoms with van der Waals surface area (Å²) >= 11 is 3.86. The average Bonchev–Trinajstić information content (AvgIpc) is 3.81. The molecule has 0 N–H and O–H groups in total. The first kappa shape index (κ1) is 30.2. The third-order valence-corrected chi connectivity index (χ3v) is 14.0. The number of thiophene rings is 2. The second-order valence-electron chi connectivity index (χ2n) is 14.3. The van der Waals surface area contributed by atoms with Gasteiger partial charge in [-0.15, -0.1) is 22.7 Å². The molecule has 0 saturated heterocycles. The fourth-order valence-electron chi connectivity index (χ4n) is 9.18. The zero-order valence-corrected chi connectivity index (χ0v) is 30.8. The minimum atomic E-state index is 1.26. The van der Waals surface area contributed by atoms with Crippen molar-refractivity contribution >= 4 is 106 Å². The number of hydrogen-bond donors (Lipinski definition) is 0. The Morgan fingerprint density at radius 3 is 1.37 bits per heavy atom. The Balaban J connectivity index is 1.19. The highest BCUT2D eigenvalue weighted by Crippen LogP contribution is 2.51. The summed E-state index contributed by atoms with van der Waals surface area (Å²) in [5.74, 6) is 0. The number of fused-ring (bicyclic) bond motifs is 11. The summed E-state index contributed by atoms with van der Waals surface area (Å²) in [6.07, 6.45) is 0. The number of rotatable bonds is 3. The molecule has 2 heterocycles. The largest absolute Gasteiger partial charge is 0.134 e. The molecule has 0 fully saturated rings. The van der Waals surface area contributed by atoms with Crippen LogP contribution in [0.25, 0.3) is 117 Å². The van der Waals surface area contributed by atoms with Gasteiger partial charge in [0.05, 0.1) is 9.40 Å². The van der Waals surface area contributed by atoms with Gasteiger partial charge in [0.1, 0.15) is 0 Å². The minimum absolute atomic E-state index is 1.26. The maximum absolute atomic E-state index is 2.49. The van der Waals surface area contributed by atoms with Crippen LogP contribution in [0.5, 0.6) is 0 Å². The molecule has 250 valence electrons. The summed E-state index contributed by atoms with van der Waals surface area (Å²) in [5, 5.41) is 15.6. The first-order chi connectivity index (χ1) is 26.8. The van der Waals surface area contributed by atoms with Crippen molar-refractivity contribution in [1.29, 1.82) is 0 Å². The van der Waals surface area contributed by atoms with E-state index in [1.165, 1.54) is 117 Å². The second-order valence-corrected chi connectivity index (χ2v) is 16.4. The standard InChI is InChI=1S/C52H30S2/c1-2-16-32-31(14-1)15-13-25-37(32)48-38-20-5-7-22-40(38)49(41-23-8-6-21-39(41)48)42-29-28-35(33-17-3-4-18-34(33)42)44-30-45-36-19-9-11-26-46(36)53-51(45)52-50(44)43-24-10-12-27-47(43)54-52/h1-30H. The summed E-state index contributed by atoms with van der Waals surface area (Å²) in [5.41, 5.74) is 7.71. The average molecular weight is 719 g/mol. The third kappa shape index (κ3) is 4.24. The normalized spacial score (nSPS) is 12.1. The van der Waals surface area contributed by atoms with E-state index in [4.69, 9.17) is 0 Å². The lowest BCUT2D eigenvalue weighted by Gasteiger charge is -2.20. The van der Waals surface area contributed by atoms with Crippen molar-refractivity contribution in [1.82, 2.24) is 0 Å². The highest BCUT2D eigenvalue weighted by atomic mass is 32.1. The first-order valence-corrected chi connectivity index (χ1v) is 20.1. The van der Waals surface area contributed by atoms with E-state index in [1.807, 2.05) is 22.7 Å². The summed E-state index contributed by atoms with van der Waals surface area (Å²) in [6, 6.07) is 67.7. The van der Waals surface area contributed by atoms with Crippen LogP contribution >= 0.6 is 22.7 Å². The van der Waals surface area contributed by atoms with Gasteiger partial charge in [-0.2, -0.15) is 0 Å². The van der Waals surface area contributed by atoms with E-state index in [0.717, 1.165) is 0 Å². The Kier molecular flexibility index (Phi) is 6.48. The van der Waals surface area contributed by atoms with E-state index in [-0.39, 0.29) is 0 Å². The van der Waals surface area contributed by atoms with Gasteiger partial charge < -0.3 is 0 Å². The lowest BCUT2D eigenvalue weighted by Crippen LogP contribution is -1.93. The van der Waals surface area contributed by atoms with Gasteiger partial charge in [0.25, 0.3) is 0 Å². The highest BCUT2D eigenvalue weighted by Gasteiger charge is 2.22. The predicted molar refractivity (Wildman–Crippen MR) is 239 cm³/mol. The van der Waals surface area contributed by atoms with Crippen molar-refractivity contribution < 1.29 is 0 Å². The molecular formula is C52H30S2. The van der Waals surface area contributed by atoms with E-state index in [1.54, 1.807) is 0 Å². The Labute approximate surface area is 319 Å². The SMILES string of the molecule is c1ccc2c(-c3c4ccccc4c(-c4ccc(-c5cc6c7ccccc7sc6c6sc7ccccc7c56)c5ccccc45)c4ccccc34)cccc2c1. The molecule has 2 aromatic heterocycles. The summed E-state index contributed by atoms with van der Waals surface area (Å²) < 4.78 is 5.46. The molecule has 0 saturated carbocycles. The zero-order chi connectivity index (χ0) is 35.3. The van der Waals surface area contributed by atoms with Gasteiger partial charge in [0.15, 0.2) is 0 Å². The number of hydrogen-bond acceptors (Lipinski definition) is 2. The van der Waals surface area contributed by atoms with Crippen LogP contribution in [-0.4, -0.2) is 0 Å². The first-order valence-electron chi connectivity index (χ1n) is 18.5. The van der Waals surface area contributed by atoms with E-state index < -0.39 is 0 Å². The van der Waals surface area contributed by atoms with Crippen molar-refractivity contribution in [3.05, 3.63) is 182 Å². The summed E-state index contributed by atoms with van der Waals surface area (Å²) in [4.78, 5) is 0. The lowest BCUT2D eigenvalue weighted by atomic mass is 9.83. The van der Waals surface area contributed by atoms with Crippen LogP contribution in [0.15, 0.2) is 182 Å². The molecule has 12 rings (SSSR count). The van der Waals surface area contributed by atoms with Gasteiger partial charge in [-0.05, 0) is 94.7 Å². The van der Waals surface area contributed by atoms with E-state index in [9.17, 15) is 0 Å². The van der Waals surface area contributed by atoms with E-state index in [2.05, 4.69) is 182 Å². The van der Waals surface area contributed by atoms with Gasteiger partial charge in [-0.3, -0.25) is 0 Å². The van der Waals surface area contributed by atoms with Crippen molar-refractivity contribution in [2.75, 3.05) is 0 Å². The van der Waals surface area contributed by atoms with Crippen molar-refractivity contribution in [3.63, 3.8) is 0 Å². The zero-order valence-electron chi connectivity index (χ0n) is 29.1. The van der Waals surface area contributed by atoms with Crippen LogP contribution < -0.4 is 0 Å². The topological polar surface area (TPSA) is 0 Å². The minimum Gasteiger partial charge on any atom is -0.134 e. The fraction of sp³-hybridized carbons (Fsp3) is 0. The third-order valence-electron chi connectivity index (χ3n) is 11.5. The lowest BCUT2D eigenvalue weighted by molar-refractivity contribution is 1.68. The smallest absolute Gasteiger partial charge is 0.0540 e. The molecule has 2 heteroatoms. The van der Waals surface area contributed by atoms with Crippen molar-refractivity contribution in [3.8, 4) is 33.4 Å². The second kappa shape index (κ2) is 11.6. The molecule has 0 bridgehead atoms. The van der Waals surface area contributed by atoms with Crippen LogP contribution in [-0.2, 0) is 0 Å². The quantitative estimate of drug-likeness (QED) is 0.160. The predicted octanol–water partition coefficient (Wildman–Crippen LogP) is 16.0. The van der Waals surface area contributed by atoms with Gasteiger partial charge in [-0.25, -0.2) is 0 Å². The maximum atomic E-state index is 2.49. The Hall–Kier alpha value is -6.32. The van der Waals surface area contributed by atoms with Crippen LogP contribution in [0, 0.1) is 0 Å².